The summed E-state index contributed by atoms with van der Waals surface area (Å²) in [6.07, 6.45) is 0.605. The first kappa shape index (κ1) is 18.9. The third-order valence-corrected chi connectivity index (χ3v) is 6.02. The summed E-state index contributed by atoms with van der Waals surface area (Å²) in [5.74, 6) is -1.65. The second-order valence-electron chi connectivity index (χ2n) is 7.68. The van der Waals surface area contributed by atoms with Gasteiger partial charge >= 0.3 is 11.9 Å². The van der Waals surface area contributed by atoms with Crippen LogP contribution in [0.2, 0.25) is 0 Å². The molecule has 6 atom stereocenters. The van der Waals surface area contributed by atoms with Gasteiger partial charge in [-0.2, -0.15) is 0 Å². The summed E-state index contributed by atoms with van der Waals surface area (Å²) in [4.78, 5) is 23.4. The molecule has 2 rings (SSSR count). The predicted molar refractivity (Wildman–Crippen MR) is 86.9 cm³/mol. The number of carbonyl (C=O) groups excluding carboxylic acids is 2. The summed E-state index contributed by atoms with van der Waals surface area (Å²) < 4.78 is 10.2. The van der Waals surface area contributed by atoms with E-state index >= 15 is 0 Å². The molecular formula is C18H28O6. The van der Waals surface area contributed by atoms with Crippen molar-refractivity contribution in [1.29, 1.82) is 0 Å². The van der Waals surface area contributed by atoms with Crippen molar-refractivity contribution in [3.05, 3.63) is 12.2 Å². The summed E-state index contributed by atoms with van der Waals surface area (Å²) in [7, 11) is 1.28. The Morgan fingerprint density at radius 1 is 1.29 bits per heavy atom. The fourth-order valence-electron chi connectivity index (χ4n) is 4.64. The maximum absolute atomic E-state index is 11.9. The van der Waals surface area contributed by atoms with Crippen molar-refractivity contribution in [3.63, 3.8) is 0 Å². The van der Waals surface area contributed by atoms with Crippen molar-refractivity contribution in [2.75, 3.05) is 7.11 Å². The Bertz CT molecular complexity index is 540. The molecule has 0 aromatic rings. The minimum absolute atomic E-state index is 0.230. The summed E-state index contributed by atoms with van der Waals surface area (Å²) in [6, 6.07) is 0. The molecule has 0 aromatic heterocycles. The number of aliphatic hydroxyl groups excluding tert-OH is 1. The molecule has 24 heavy (non-hydrogen) atoms. The fraction of sp³-hybridized carbons (Fsp3) is 0.778. The minimum atomic E-state index is -0.955. The fourth-order valence-corrected chi connectivity index (χ4v) is 4.64. The van der Waals surface area contributed by atoms with E-state index in [4.69, 9.17) is 9.47 Å². The lowest BCUT2D eigenvalue weighted by molar-refractivity contribution is -0.200. The van der Waals surface area contributed by atoms with Gasteiger partial charge in [-0.1, -0.05) is 13.5 Å². The lowest BCUT2D eigenvalue weighted by Gasteiger charge is -2.57. The van der Waals surface area contributed by atoms with Crippen molar-refractivity contribution in [2.45, 2.75) is 64.3 Å². The SMILES string of the molecule is C=C(C(=O)OC)[C@H]1C[C@@H]2[C@@](C)(C[C@H]1OC(C)=O)[C@H](O)CC[C@@]2(C)O. The van der Waals surface area contributed by atoms with Gasteiger partial charge in [-0.3, -0.25) is 4.79 Å². The molecule has 136 valence electrons. The third kappa shape index (κ3) is 3.22. The third-order valence-electron chi connectivity index (χ3n) is 6.02. The van der Waals surface area contributed by atoms with Crippen LogP contribution in [0.5, 0.6) is 0 Å². The highest BCUT2D eigenvalue weighted by molar-refractivity contribution is 5.88. The van der Waals surface area contributed by atoms with Gasteiger partial charge in [0.25, 0.3) is 0 Å². The Morgan fingerprint density at radius 2 is 1.92 bits per heavy atom. The number of rotatable bonds is 3. The van der Waals surface area contributed by atoms with E-state index in [-0.39, 0.29) is 11.5 Å². The molecule has 2 N–H and O–H groups in total. The number of hydrogen-bond acceptors (Lipinski definition) is 6. The molecule has 0 heterocycles. The monoisotopic (exact) mass is 340 g/mol. The quantitative estimate of drug-likeness (QED) is 0.599. The van der Waals surface area contributed by atoms with Crippen LogP contribution in [-0.4, -0.2) is 47.1 Å². The van der Waals surface area contributed by atoms with Crippen LogP contribution in [0, 0.1) is 17.3 Å². The van der Waals surface area contributed by atoms with E-state index in [1.54, 1.807) is 6.92 Å². The Kier molecular flexibility index (Phi) is 5.11. The molecule has 6 heteroatoms. The molecule has 0 bridgehead atoms. The van der Waals surface area contributed by atoms with Crippen molar-refractivity contribution >= 4 is 11.9 Å². The van der Waals surface area contributed by atoms with E-state index in [2.05, 4.69) is 6.58 Å². The lowest BCUT2D eigenvalue weighted by atomic mass is 9.51. The molecule has 0 unspecified atom stereocenters. The first-order chi connectivity index (χ1) is 11.0. The maximum atomic E-state index is 11.9. The lowest BCUT2D eigenvalue weighted by Crippen LogP contribution is -2.60. The van der Waals surface area contributed by atoms with Gasteiger partial charge in [0, 0.05) is 23.8 Å². The second kappa shape index (κ2) is 6.48. The van der Waals surface area contributed by atoms with Crippen LogP contribution in [0.15, 0.2) is 12.2 Å². The van der Waals surface area contributed by atoms with Crippen LogP contribution in [0.25, 0.3) is 0 Å². The average molecular weight is 340 g/mol. The first-order valence-corrected chi connectivity index (χ1v) is 8.37. The van der Waals surface area contributed by atoms with E-state index in [1.807, 2.05) is 6.92 Å². The van der Waals surface area contributed by atoms with Gasteiger partial charge in [0.1, 0.15) is 6.10 Å². The first-order valence-electron chi connectivity index (χ1n) is 8.37. The van der Waals surface area contributed by atoms with Gasteiger partial charge in [0.05, 0.1) is 18.8 Å². The molecule has 2 aliphatic carbocycles. The number of methoxy groups -OCH3 is 1. The van der Waals surface area contributed by atoms with Gasteiger partial charge in [-0.25, -0.2) is 4.79 Å². The molecule has 0 aliphatic heterocycles. The van der Waals surface area contributed by atoms with Crippen molar-refractivity contribution in [2.24, 2.45) is 17.3 Å². The zero-order valence-electron chi connectivity index (χ0n) is 14.9. The summed E-state index contributed by atoms with van der Waals surface area (Å²) >= 11 is 0. The van der Waals surface area contributed by atoms with Gasteiger partial charge in [0.2, 0.25) is 0 Å². The number of hydrogen-bond donors (Lipinski definition) is 2. The molecule has 0 saturated heterocycles. The van der Waals surface area contributed by atoms with Crippen LogP contribution >= 0.6 is 0 Å². The van der Waals surface area contributed by atoms with E-state index in [0.29, 0.717) is 25.7 Å². The topological polar surface area (TPSA) is 93.1 Å². The van der Waals surface area contributed by atoms with Crippen LogP contribution in [-0.2, 0) is 19.1 Å². The molecule has 6 nitrogen and oxygen atoms in total. The Hall–Kier alpha value is -1.40. The Balaban J connectivity index is 2.39. The molecule has 0 aromatic carbocycles. The molecule has 2 aliphatic rings. The Morgan fingerprint density at radius 3 is 2.46 bits per heavy atom. The van der Waals surface area contributed by atoms with Crippen molar-refractivity contribution < 1.29 is 29.3 Å². The van der Waals surface area contributed by atoms with Crippen LogP contribution in [0.1, 0.15) is 46.5 Å². The number of fused-ring (bicyclic) bond motifs is 1. The smallest absolute Gasteiger partial charge is 0.333 e. The zero-order valence-corrected chi connectivity index (χ0v) is 14.9. The van der Waals surface area contributed by atoms with Crippen molar-refractivity contribution in [3.8, 4) is 0 Å². The standard InChI is InChI=1S/C18H28O6/c1-10(16(21)23-5)12-8-14-17(3,9-13(12)24-11(2)19)15(20)6-7-18(14,4)22/h12-15,20,22H,1,6-9H2,2-5H3/t12-,13-,14-,15-,17-,18-/m1/s1. The summed E-state index contributed by atoms with van der Waals surface area (Å²) in [6.45, 7) is 8.83. The predicted octanol–water partition coefficient (Wildman–Crippen LogP) is 1.59. The highest BCUT2D eigenvalue weighted by Gasteiger charge is 2.58. The van der Waals surface area contributed by atoms with E-state index in [0.717, 1.165) is 0 Å². The molecule has 0 radical (unpaired) electrons. The maximum Gasteiger partial charge on any atom is 0.333 e. The molecule has 2 fully saturated rings. The number of ether oxygens (including phenoxy) is 2. The van der Waals surface area contributed by atoms with Gasteiger partial charge in [0.15, 0.2) is 0 Å². The molecule has 2 saturated carbocycles. The Labute approximate surface area is 142 Å². The highest BCUT2D eigenvalue weighted by Crippen LogP contribution is 2.56. The molecular weight excluding hydrogens is 312 g/mol. The largest absolute Gasteiger partial charge is 0.466 e. The van der Waals surface area contributed by atoms with Crippen LogP contribution in [0.3, 0.4) is 0 Å². The second-order valence-corrected chi connectivity index (χ2v) is 7.68. The van der Waals surface area contributed by atoms with E-state index < -0.39 is 41.1 Å². The molecule has 0 spiro atoms. The minimum Gasteiger partial charge on any atom is -0.466 e. The zero-order chi connectivity index (χ0) is 18.3. The number of esters is 2. The van der Waals surface area contributed by atoms with E-state index in [9.17, 15) is 19.8 Å². The highest BCUT2D eigenvalue weighted by atomic mass is 16.5. The normalized spacial score (nSPS) is 41.9. The van der Waals surface area contributed by atoms with Crippen molar-refractivity contribution in [1.82, 2.24) is 0 Å². The van der Waals surface area contributed by atoms with Crippen LogP contribution < -0.4 is 0 Å². The summed E-state index contributed by atoms with van der Waals surface area (Å²) in [5, 5.41) is 21.4. The van der Waals surface area contributed by atoms with Gasteiger partial charge < -0.3 is 19.7 Å². The van der Waals surface area contributed by atoms with Gasteiger partial charge in [-0.05, 0) is 38.5 Å². The van der Waals surface area contributed by atoms with Crippen LogP contribution in [0.4, 0.5) is 0 Å². The number of aliphatic hydroxyl groups is 2. The van der Waals surface area contributed by atoms with Gasteiger partial charge in [-0.15, -0.1) is 0 Å². The average Bonchev–Trinajstić information content (AvgIpc) is 2.49. The number of carbonyl (C=O) groups is 2. The molecule has 0 amide bonds. The van der Waals surface area contributed by atoms with E-state index in [1.165, 1.54) is 14.0 Å². The summed E-state index contributed by atoms with van der Waals surface area (Å²) in [5.41, 5.74) is -1.31.